The second-order valence-corrected chi connectivity index (χ2v) is 4.73. The van der Waals surface area contributed by atoms with E-state index in [1.54, 1.807) is 0 Å². The first-order valence-corrected chi connectivity index (χ1v) is 6.06. The smallest absolute Gasteiger partial charge is 0.123 e. The van der Waals surface area contributed by atoms with Gasteiger partial charge in [0.2, 0.25) is 0 Å². The summed E-state index contributed by atoms with van der Waals surface area (Å²) in [5.74, 6) is 0.955. The van der Waals surface area contributed by atoms with Crippen molar-refractivity contribution in [3.05, 3.63) is 48.6 Å². The van der Waals surface area contributed by atoms with E-state index in [9.17, 15) is 0 Å². The van der Waals surface area contributed by atoms with Gasteiger partial charge in [-0.15, -0.1) is 6.58 Å². The van der Waals surface area contributed by atoms with Crippen LogP contribution in [0, 0.1) is 0 Å². The van der Waals surface area contributed by atoms with Gasteiger partial charge >= 0.3 is 0 Å². The van der Waals surface area contributed by atoms with Gasteiger partial charge in [-0.1, -0.05) is 44.7 Å². The molecular weight excluding hydrogens is 208 g/mol. The van der Waals surface area contributed by atoms with Crippen LogP contribution >= 0.6 is 0 Å². The summed E-state index contributed by atoms with van der Waals surface area (Å²) in [5.41, 5.74) is 2.37. The predicted molar refractivity (Wildman–Crippen MR) is 75.5 cm³/mol. The molecule has 1 rings (SSSR count). The van der Waals surface area contributed by atoms with Crippen LogP contribution < -0.4 is 4.74 Å². The summed E-state index contributed by atoms with van der Waals surface area (Å²) in [7, 11) is 0. The van der Waals surface area contributed by atoms with Gasteiger partial charge in [-0.2, -0.15) is 0 Å². The fraction of sp³-hybridized carbons (Fsp3) is 0.375. The Morgan fingerprint density at radius 3 is 2.53 bits per heavy atom. The van der Waals surface area contributed by atoms with Gasteiger partial charge in [0.05, 0.1) is 6.61 Å². The highest BCUT2D eigenvalue weighted by Gasteiger charge is 2.25. The highest BCUT2D eigenvalue weighted by atomic mass is 16.5. The molecule has 0 spiro atoms. The molecule has 0 bridgehead atoms. The quantitative estimate of drug-likeness (QED) is 0.650. The average Bonchev–Trinajstić information content (AvgIpc) is 2.28. The Hall–Kier alpha value is -1.50. The summed E-state index contributed by atoms with van der Waals surface area (Å²) in [6.07, 6.45) is 4.76. The molecule has 0 amide bonds. The zero-order valence-electron chi connectivity index (χ0n) is 11.1. The molecule has 0 aliphatic rings. The van der Waals surface area contributed by atoms with Crippen molar-refractivity contribution >= 4 is 6.08 Å². The molecule has 1 aromatic rings. The van der Waals surface area contributed by atoms with Crippen LogP contribution in [-0.4, -0.2) is 6.61 Å². The molecule has 0 heterocycles. The van der Waals surface area contributed by atoms with Gasteiger partial charge in [0, 0.05) is 5.56 Å². The number of ether oxygens (including phenoxy) is 1. The van der Waals surface area contributed by atoms with Gasteiger partial charge in [0.1, 0.15) is 5.75 Å². The number of rotatable bonds is 6. The van der Waals surface area contributed by atoms with Crippen LogP contribution in [0.5, 0.6) is 5.75 Å². The maximum atomic E-state index is 5.73. The molecule has 0 unspecified atom stereocenters. The Kier molecular flexibility index (Phi) is 4.56. The minimum Gasteiger partial charge on any atom is -0.494 e. The maximum absolute atomic E-state index is 5.73. The second kappa shape index (κ2) is 5.72. The third kappa shape index (κ3) is 3.00. The standard InChI is InChI=1S/C16H22O/c1-6-12-16(4,5)15-13(7-2)10-9-11-14(15)17-8-3/h6-7,9-11H,1-2,8,12H2,3-5H3. The molecule has 0 atom stereocenters. The molecule has 0 aromatic heterocycles. The van der Waals surface area contributed by atoms with Crippen LogP contribution in [0.1, 0.15) is 38.3 Å². The first kappa shape index (κ1) is 13.6. The molecule has 0 aliphatic carbocycles. The summed E-state index contributed by atoms with van der Waals surface area (Å²) in [6, 6.07) is 6.11. The third-order valence-electron chi connectivity index (χ3n) is 2.91. The topological polar surface area (TPSA) is 9.23 Å². The highest BCUT2D eigenvalue weighted by molar-refractivity contribution is 5.59. The Morgan fingerprint density at radius 2 is 2.00 bits per heavy atom. The molecule has 1 nitrogen and oxygen atoms in total. The zero-order chi connectivity index (χ0) is 12.9. The molecule has 92 valence electrons. The molecular formula is C16H22O. The Bertz CT molecular complexity index is 402. The van der Waals surface area contributed by atoms with Crippen LogP contribution in [0.4, 0.5) is 0 Å². The zero-order valence-corrected chi connectivity index (χ0v) is 11.1. The number of benzene rings is 1. The van der Waals surface area contributed by atoms with E-state index in [0.29, 0.717) is 6.61 Å². The van der Waals surface area contributed by atoms with E-state index in [1.807, 2.05) is 31.2 Å². The van der Waals surface area contributed by atoms with E-state index in [0.717, 1.165) is 17.7 Å². The average molecular weight is 230 g/mol. The Balaban J connectivity index is 3.34. The molecule has 0 saturated carbocycles. The van der Waals surface area contributed by atoms with Crippen LogP contribution in [-0.2, 0) is 5.41 Å². The lowest BCUT2D eigenvalue weighted by Crippen LogP contribution is -2.19. The molecule has 0 saturated heterocycles. The lowest BCUT2D eigenvalue weighted by molar-refractivity contribution is 0.327. The Labute approximate surface area is 105 Å². The number of hydrogen-bond donors (Lipinski definition) is 0. The van der Waals surface area contributed by atoms with Gasteiger partial charge in [0.25, 0.3) is 0 Å². The molecule has 0 aliphatic heterocycles. The number of hydrogen-bond acceptors (Lipinski definition) is 1. The molecule has 0 radical (unpaired) electrons. The van der Waals surface area contributed by atoms with Crippen molar-refractivity contribution in [1.29, 1.82) is 0 Å². The van der Waals surface area contributed by atoms with Gasteiger partial charge < -0.3 is 4.74 Å². The van der Waals surface area contributed by atoms with Crippen LogP contribution in [0.3, 0.4) is 0 Å². The fourth-order valence-electron chi connectivity index (χ4n) is 2.18. The van der Waals surface area contributed by atoms with Crippen molar-refractivity contribution in [2.75, 3.05) is 6.61 Å². The van der Waals surface area contributed by atoms with Gasteiger partial charge in [0.15, 0.2) is 0 Å². The van der Waals surface area contributed by atoms with E-state index in [1.165, 1.54) is 5.56 Å². The molecule has 1 aromatic carbocycles. The van der Waals surface area contributed by atoms with E-state index >= 15 is 0 Å². The summed E-state index contributed by atoms with van der Waals surface area (Å²) in [6.45, 7) is 14.8. The lowest BCUT2D eigenvalue weighted by atomic mass is 9.78. The molecule has 17 heavy (non-hydrogen) atoms. The first-order chi connectivity index (χ1) is 8.06. The predicted octanol–water partition coefficient (Wildman–Crippen LogP) is 4.58. The maximum Gasteiger partial charge on any atom is 0.123 e. The van der Waals surface area contributed by atoms with Crippen molar-refractivity contribution in [3.63, 3.8) is 0 Å². The van der Waals surface area contributed by atoms with E-state index in [4.69, 9.17) is 4.74 Å². The lowest BCUT2D eigenvalue weighted by Gasteiger charge is -2.28. The SMILES string of the molecule is C=CCC(C)(C)c1c(C=C)cccc1OCC. The number of allylic oxidation sites excluding steroid dienone is 1. The normalized spacial score (nSPS) is 11.0. The minimum absolute atomic E-state index is 0.0109. The molecule has 0 N–H and O–H groups in total. The van der Waals surface area contributed by atoms with Crippen LogP contribution in [0.15, 0.2) is 37.4 Å². The van der Waals surface area contributed by atoms with Crippen molar-refractivity contribution in [1.82, 2.24) is 0 Å². The Morgan fingerprint density at radius 1 is 1.29 bits per heavy atom. The van der Waals surface area contributed by atoms with E-state index in [-0.39, 0.29) is 5.41 Å². The monoisotopic (exact) mass is 230 g/mol. The van der Waals surface area contributed by atoms with Crippen LogP contribution in [0.2, 0.25) is 0 Å². The second-order valence-electron chi connectivity index (χ2n) is 4.73. The summed E-state index contributed by atoms with van der Waals surface area (Å²) >= 11 is 0. The van der Waals surface area contributed by atoms with Crippen molar-refractivity contribution in [2.45, 2.75) is 32.6 Å². The highest BCUT2D eigenvalue weighted by Crippen LogP contribution is 2.37. The third-order valence-corrected chi connectivity index (χ3v) is 2.91. The molecule has 1 heteroatoms. The molecule has 0 fully saturated rings. The summed E-state index contributed by atoms with van der Waals surface area (Å²) < 4.78 is 5.73. The summed E-state index contributed by atoms with van der Waals surface area (Å²) in [5, 5.41) is 0. The van der Waals surface area contributed by atoms with Gasteiger partial charge in [-0.3, -0.25) is 0 Å². The van der Waals surface area contributed by atoms with Crippen molar-refractivity contribution in [3.8, 4) is 5.75 Å². The minimum atomic E-state index is 0.0109. The summed E-state index contributed by atoms with van der Waals surface area (Å²) in [4.78, 5) is 0. The van der Waals surface area contributed by atoms with Crippen molar-refractivity contribution < 1.29 is 4.74 Å². The van der Waals surface area contributed by atoms with Gasteiger partial charge in [-0.05, 0) is 30.4 Å². The van der Waals surface area contributed by atoms with Gasteiger partial charge in [-0.25, -0.2) is 0 Å². The first-order valence-electron chi connectivity index (χ1n) is 6.06. The van der Waals surface area contributed by atoms with Crippen molar-refractivity contribution in [2.24, 2.45) is 0 Å². The van der Waals surface area contributed by atoms with E-state index in [2.05, 4.69) is 33.1 Å². The van der Waals surface area contributed by atoms with Crippen LogP contribution in [0.25, 0.3) is 6.08 Å². The fourth-order valence-corrected chi connectivity index (χ4v) is 2.18. The van der Waals surface area contributed by atoms with E-state index < -0.39 is 0 Å². The largest absolute Gasteiger partial charge is 0.494 e.